The molecule has 138 valence electrons. The average molecular weight is 355 g/mol. The van der Waals surface area contributed by atoms with E-state index in [1.807, 2.05) is 37.3 Å². The van der Waals surface area contributed by atoms with Gasteiger partial charge in [-0.1, -0.05) is 26.0 Å². The van der Waals surface area contributed by atoms with Crippen molar-refractivity contribution in [3.05, 3.63) is 47.5 Å². The maximum Gasteiger partial charge on any atom is 0.405 e. The van der Waals surface area contributed by atoms with Crippen LogP contribution in [0.4, 0.5) is 4.79 Å². The lowest BCUT2D eigenvalue weighted by molar-refractivity contribution is 0.0391. The molecule has 2 aromatic carbocycles. The van der Waals surface area contributed by atoms with Gasteiger partial charge in [0.05, 0.1) is 13.7 Å². The van der Waals surface area contributed by atoms with Gasteiger partial charge in [0.1, 0.15) is 17.6 Å². The monoisotopic (exact) mass is 355 g/mol. The van der Waals surface area contributed by atoms with Gasteiger partial charge in [0.15, 0.2) is 0 Å². The summed E-state index contributed by atoms with van der Waals surface area (Å²) in [4.78, 5) is 11.3. The molecule has 1 atom stereocenters. The Morgan fingerprint density at radius 1 is 1.23 bits per heavy atom. The van der Waals surface area contributed by atoms with E-state index in [4.69, 9.17) is 19.9 Å². The molecule has 0 aliphatic heterocycles. The summed E-state index contributed by atoms with van der Waals surface area (Å²) >= 11 is 0. The molecule has 1 amide bonds. The zero-order valence-electron chi connectivity index (χ0n) is 15.7. The minimum Gasteiger partial charge on any atom is -0.496 e. The fourth-order valence-electron chi connectivity index (χ4n) is 3.67. The summed E-state index contributed by atoms with van der Waals surface area (Å²) in [6.07, 6.45) is -0.336. The molecular formula is C21H25NO4. The number of carbonyl (C=O) groups is 1. The highest BCUT2D eigenvalue weighted by Gasteiger charge is 2.42. The second-order valence-electron chi connectivity index (χ2n) is 7.19. The highest BCUT2D eigenvalue weighted by Crippen LogP contribution is 2.50. The van der Waals surface area contributed by atoms with Crippen LogP contribution in [0.1, 0.15) is 38.0 Å². The van der Waals surface area contributed by atoms with Crippen LogP contribution in [0.3, 0.4) is 0 Å². The van der Waals surface area contributed by atoms with E-state index in [1.54, 1.807) is 7.11 Å². The van der Waals surface area contributed by atoms with Crippen LogP contribution in [0.15, 0.2) is 36.4 Å². The normalized spacial score (nSPS) is 17.5. The lowest BCUT2D eigenvalue weighted by atomic mass is 9.87. The van der Waals surface area contributed by atoms with E-state index in [0.717, 1.165) is 40.2 Å². The summed E-state index contributed by atoms with van der Waals surface area (Å²) in [6.45, 7) is 6.74. The Hall–Kier alpha value is -2.69. The van der Waals surface area contributed by atoms with Crippen molar-refractivity contribution < 1.29 is 19.0 Å². The molecule has 0 fully saturated rings. The zero-order chi connectivity index (χ0) is 18.9. The van der Waals surface area contributed by atoms with E-state index in [-0.39, 0.29) is 11.5 Å². The van der Waals surface area contributed by atoms with Crippen molar-refractivity contribution in [2.45, 2.75) is 33.3 Å². The molecule has 1 unspecified atom stereocenters. The fourth-order valence-corrected chi connectivity index (χ4v) is 3.67. The number of hydrogen-bond donors (Lipinski definition) is 1. The van der Waals surface area contributed by atoms with Crippen molar-refractivity contribution in [3.63, 3.8) is 0 Å². The van der Waals surface area contributed by atoms with E-state index in [2.05, 4.69) is 19.9 Å². The van der Waals surface area contributed by atoms with E-state index in [9.17, 15) is 4.79 Å². The van der Waals surface area contributed by atoms with Crippen molar-refractivity contribution in [1.82, 2.24) is 0 Å². The second kappa shape index (κ2) is 6.90. The SMILES string of the molecule is CCOc1ccc(-c2cc3c(cc2OC)C(OC(N)=O)C(C)(C)C3)cc1. The largest absolute Gasteiger partial charge is 0.496 e. The van der Waals surface area contributed by atoms with Crippen LogP contribution in [0.2, 0.25) is 0 Å². The molecule has 0 radical (unpaired) electrons. The third kappa shape index (κ3) is 3.34. The van der Waals surface area contributed by atoms with Gasteiger partial charge >= 0.3 is 6.09 Å². The number of ether oxygens (including phenoxy) is 3. The summed E-state index contributed by atoms with van der Waals surface area (Å²) in [5.41, 5.74) is 9.21. The number of hydrogen-bond acceptors (Lipinski definition) is 4. The summed E-state index contributed by atoms with van der Waals surface area (Å²) < 4.78 is 16.5. The summed E-state index contributed by atoms with van der Waals surface area (Å²) in [5.74, 6) is 1.58. The van der Waals surface area contributed by atoms with Gasteiger partial charge < -0.3 is 19.9 Å². The molecule has 3 rings (SSSR count). The lowest BCUT2D eigenvalue weighted by Crippen LogP contribution is -2.25. The van der Waals surface area contributed by atoms with Crippen molar-refractivity contribution in [3.8, 4) is 22.6 Å². The summed E-state index contributed by atoms with van der Waals surface area (Å²) in [7, 11) is 1.64. The van der Waals surface area contributed by atoms with Crippen LogP contribution in [0, 0.1) is 5.41 Å². The molecular weight excluding hydrogens is 330 g/mol. The lowest BCUT2D eigenvalue weighted by Gasteiger charge is -2.26. The standard InChI is InChI=1S/C21H25NO4/c1-5-25-15-8-6-13(7-9-15)16-10-14-12-21(2,3)19(26-20(22)23)17(14)11-18(16)24-4/h6-11,19H,5,12H2,1-4H3,(H2,22,23). The third-order valence-electron chi connectivity index (χ3n) is 4.81. The minimum atomic E-state index is -0.759. The van der Waals surface area contributed by atoms with Gasteiger partial charge in [-0.15, -0.1) is 0 Å². The van der Waals surface area contributed by atoms with Crippen LogP contribution in [0.5, 0.6) is 11.5 Å². The van der Waals surface area contributed by atoms with E-state index in [1.165, 1.54) is 0 Å². The molecule has 5 nitrogen and oxygen atoms in total. The van der Waals surface area contributed by atoms with Crippen LogP contribution in [-0.2, 0) is 11.2 Å². The molecule has 0 saturated carbocycles. The predicted molar refractivity (Wildman–Crippen MR) is 100 cm³/mol. The molecule has 2 N–H and O–H groups in total. The van der Waals surface area contributed by atoms with Gasteiger partial charge in [-0.2, -0.15) is 0 Å². The molecule has 0 heterocycles. The molecule has 0 bridgehead atoms. The van der Waals surface area contributed by atoms with Gasteiger partial charge in [0, 0.05) is 11.0 Å². The molecule has 2 aromatic rings. The van der Waals surface area contributed by atoms with Crippen molar-refractivity contribution in [2.24, 2.45) is 11.1 Å². The van der Waals surface area contributed by atoms with E-state index >= 15 is 0 Å². The topological polar surface area (TPSA) is 70.8 Å². The third-order valence-corrected chi connectivity index (χ3v) is 4.81. The first-order valence-electron chi connectivity index (χ1n) is 8.76. The van der Waals surface area contributed by atoms with Gasteiger partial charge in [-0.05, 0) is 54.3 Å². The van der Waals surface area contributed by atoms with E-state index in [0.29, 0.717) is 6.61 Å². The molecule has 0 aromatic heterocycles. The Morgan fingerprint density at radius 2 is 1.92 bits per heavy atom. The van der Waals surface area contributed by atoms with Crippen LogP contribution in [0.25, 0.3) is 11.1 Å². The van der Waals surface area contributed by atoms with Crippen molar-refractivity contribution in [1.29, 1.82) is 0 Å². The maximum absolute atomic E-state index is 11.3. The van der Waals surface area contributed by atoms with Gasteiger partial charge in [-0.3, -0.25) is 0 Å². The number of primary amides is 1. The maximum atomic E-state index is 11.3. The van der Waals surface area contributed by atoms with Crippen LogP contribution in [-0.4, -0.2) is 19.8 Å². The Kier molecular flexibility index (Phi) is 4.81. The van der Waals surface area contributed by atoms with Gasteiger partial charge in [0.25, 0.3) is 0 Å². The number of rotatable bonds is 5. The number of carbonyl (C=O) groups excluding carboxylic acids is 1. The second-order valence-corrected chi connectivity index (χ2v) is 7.19. The fraction of sp³-hybridized carbons (Fsp3) is 0.381. The Balaban J connectivity index is 2.03. The number of amides is 1. The molecule has 26 heavy (non-hydrogen) atoms. The quantitative estimate of drug-likeness (QED) is 0.858. The first-order valence-corrected chi connectivity index (χ1v) is 8.76. The molecule has 0 spiro atoms. The molecule has 1 aliphatic rings. The average Bonchev–Trinajstić information content (AvgIpc) is 2.84. The Labute approximate surface area is 154 Å². The Morgan fingerprint density at radius 3 is 2.50 bits per heavy atom. The van der Waals surface area contributed by atoms with Crippen molar-refractivity contribution >= 4 is 6.09 Å². The number of benzene rings is 2. The zero-order valence-corrected chi connectivity index (χ0v) is 15.7. The first-order chi connectivity index (χ1) is 12.4. The smallest absolute Gasteiger partial charge is 0.405 e. The highest BCUT2D eigenvalue weighted by atomic mass is 16.6. The number of methoxy groups -OCH3 is 1. The Bertz CT molecular complexity index is 812. The van der Waals surface area contributed by atoms with Crippen molar-refractivity contribution in [2.75, 3.05) is 13.7 Å². The number of fused-ring (bicyclic) bond motifs is 1. The predicted octanol–water partition coefficient (Wildman–Crippen LogP) is 4.48. The van der Waals surface area contributed by atoms with Gasteiger partial charge in [-0.25, -0.2) is 4.79 Å². The summed E-state index contributed by atoms with van der Waals surface area (Å²) in [5, 5.41) is 0. The molecule has 5 heteroatoms. The molecule has 0 saturated heterocycles. The van der Waals surface area contributed by atoms with E-state index < -0.39 is 6.09 Å². The summed E-state index contributed by atoms with van der Waals surface area (Å²) in [6, 6.07) is 12.0. The molecule has 1 aliphatic carbocycles. The van der Waals surface area contributed by atoms with Crippen LogP contribution < -0.4 is 15.2 Å². The highest BCUT2D eigenvalue weighted by molar-refractivity contribution is 5.74. The first kappa shape index (κ1) is 18.1. The van der Waals surface area contributed by atoms with Gasteiger partial charge in [0.2, 0.25) is 0 Å². The number of nitrogens with two attached hydrogens (primary N) is 1. The minimum absolute atomic E-state index is 0.222. The van der Waals surface area contributed by atoms with Crippen LogP contribution >= 0.6 is 0 Å².